The summed E-state index contributed by atoms with van der Waals surface area (Å²) in [6.45, 7) is 5.49. The van der Waals surface area contributed by atoms with Crippen LogP contribution in [0, 0.1) is 0 Å². The first kappa shape index (κ1) is 18.3. The molecule has 1 saturated heterocycles. The minimum Gasteiger partial charge on any atom is -0.493 e. The highest BCUT2D eigenvalue weighted by Crippen LogP contribution is 2.40. The lowest BCUT2D eigenvalue weighted by atomic mass is 9.85. The largest absolute Gasteiger partial charge is 0.493 e. The molecule has 2 aliphatic rings. The fraction of sp³-hybridized carbons (Fsp3) is 0.333. The lowest BCUT2D eigenvalue weighted by molar-refractivity contribution is 0.0368. The number of hydrogen-bond acceptors (Lipinski definition) is 5. The minimum atomic E-state index is 0.0585. The molecule has 1 aliphatic heterocycles. The highest BCUT2D eigenvalue weighted by atomic mass is 16.5. The Hall–Kier alpha value is -2.76. The van der Waals surface area contributed by atoms with E-state index in [-0.39, 0.29) is 5.78 Å². The number of rotatable bonds is 6. The maximum absolute atomic E-state index is 13.0. The van der Waals surface area contributed by atoms with E-state index in [1.54, 1.807) is 6.20 Å². The van der Waals surface area contributed by atoms with E-state index in [9.17, 15) is 4.79 Å². The smallest absolute Gasteiger partial charge is 0.194 e. The molecule has 0 bridgehead atoms. The van der Waals surface area contributed by atoms with Gasteiger partial charge in [-0.05, 0) is 37.6 Å². The maximum atomic E-state index is 13.0. The molecule has 5 heteroatoms. The number of benzene rings is 2. The SMILES string of the molecule is O=C1c2ccccc2-c2nccc3c(OCCCCN4CCOCC4)ccc1c23. The predicted molar refractivity (Wildman–Crippen MR) is 113 cm³/mol. The quantitative estimate of drug-likeness (QED) is 0.468. The minimum absolute atomic E-state index is 0.0585. The molecular weight excluding hydrogens is 364 g/mol. The highest BCUT2D eigenvalue weighted by molar-refractivity contribution is 6.25. The third-order valence-electron chi connectivity index (χ3n) is 5.79. The lowest BCUT2D eigenvalue weighted by Gasteiger charge is -2.26. The number of nitrogens with zero attached hydrogens (tertiary/aromatic N) is 2. The van der Waals surface area contributed by atoms with E-state index in [0.717, 1.165) is 79.0 Å². The van der Waals surface area contributed by atoms with Crippen molar-refractivity contribution >= 4 is 16.6 Å². The maximum Gasteiger partial charge on any atom is 0.194 e. The van der Waals surface area contributed by atoms with Crippen molar-refractivity contribution in [2.24, 2.45) is 0 Å². The third kappa shape index (κ3) is 3.41. The Morgan fingerprint density at radius 1 is 0.966 bits per heavy atom. The zero-order valence-electron chi connectivity index (χ0n) is 16.4. The second-order valence-corrected chi connectivity index (χ2v) is 7.58. The predicted octanol–water partition coefficient (Wildman–Crippen LogP) is 3.94. The molecule has 5 rings (SSSR count). The van der Waals surface area contributed by atoms with Crippen LogP contribution in [0.25, 0.3) is 22.0 Å². The van der Waals surface area contributed by atoms with Crippen molar-refractivity contribution in [1.82, 2.24) is 9.88 Å². The second kappa shape index (κ2) is 7.93. The van der Waals surface area contributed by atoms with Crippen molar-refractivity contribution in [3.8, 4) is 17.0 Å². The highest BCUT2D eigenvalue weighted by Gasteiger charge is 2.26. The molecule has 2 aromatic carbocycles. The van der Waals surface area contributed by atoms with Crippen LogP contribution in [0.5, 0.6) is 5.75 Å². The molecule has 5 nitrogen and oxygen atoms in total. The number of pyridine rings is 1. The number of aromatic nitrogens is 1. The Morgan fingerprint density at radius 2 is 1.79 bits per heavy atom. The summed E-state index contributed by atoms with van der Waals surface area (Å²) in [5.41, 5.74) is 3.20. The van der Waals surface area contributed by atoms with Crippen molar-refractivity contribution in [2.75, 3.05) is 39.5 Å². The van der Waals surface area contributed by atoms with Crippen LogP contribution >= 0.6 is 0 Å². The molecule has 1 aromatic heterocycles. The van der Waals surface area contributed by atoms with Crippen LogP contribution in [-0.4, -0.2) is 55.1 Å². The van der Waals surface area contributed by atoms with Crippen LogP contribution in [0.4, 0.5) is 0 Å². The summed E-state index contributed by atoms with van der Waals surface area (Å²) < 4.78 is 11.5. The van der Waals surface area contributed by atoms with Gasteiger partial charge in [0.15, 0.2) is 5.78 Å². The zero-order valence-corrected chi connectivity index (χ0v) is 16.4. The van der Waals surface area contributed by atoms with Gasteiger partial charge in [0.2, 0.25) is 0 Å². The van der Waals surface area contributed by atoms with Gasteiger partial charge in [0.1, 0.15) is 5.75 Å². The van der Waals surface area contributed by atoms with Gasteiger partial charge in [0.05, 0.1) is 25.5 Å². The molecule has 29 heavy (non-hydrogen) atoms. The molecule has 0 radical (unpaired) electrons. The molecular formula is C24H24N2O3. The molecule has 0 saturated carbocycles. The summed E-state index contributed by atoms with van der Waals surface area (Å²) >= 11 is 0. The molecule has 3 aromatic rings. The number of carbonyl (C=O) groups is 1. The Kier molecular flexibility index (Phi) is 5.00. The van der Waals surface area contributed by atoms with Gasteiger partial charge >= 0.3 is 0 Å². The summed E-state index contributed by atoms with van der Waals surface area (Å²) in [7, 11) is 0. The molecule has 0 unspecified atom stereocenters. The van der Waals surface area contributed by atoms with E-state index in [1.165, 1.54) is 0 Å². The molecule has 0 N–H and O–H groups in total. The summed E-state index contributed by atoms with van der Waals surface area (Å²) in [6, 6.07) is 13.5. The fourth-order valence-corrected chi connectivity index (χ4v) is 4.27. The first-order valence-electron chi connectivity index (χ1n) is 10.3. The molecule has 0 atom stereocenters. The number of morpholine rings is 1. The van der Waals surface area contributed by atoms with Crippen LogP contribution in [0.15, 0.2) is 48.7 Å². The molecule has 1 aliphatic carbocycles. The van der Waals surface area contributed by atoms with Crippen LogP contribution in [0.3, 0.4) is 0 Å². The van der Waals surface area contributed by atoms with Gasteiger partial charge in [-0.2, -0.15) is 0 Å². The van der Waals surface area contributed by atoms with Gasteiger partial charge < -0.3 is 9.47 Å². The van der Waals surface area contributed by atoms with Crippen molar-refractivity contribution in [3.63, 3.8) is 0 Å². The summed E-state index contributed by atoms with van der Waals surface area (Å²) in [6.07, 6.45) is 3.91. The number of unbranched alkanes of at least 4 members (excludes halogenated alkanes) is 1. The van der Waals surface area contributed by atoms with Crippen LogP contribution in [-0.2, 0) is 4.74 Å². The Balaban J connectivity index is 1.34. The first-order valence-corrected chi connectivity index (χ1v) is 10.3. The van der Waals surface area contributed by atoms with Gasteiger partial charge in [0.25, 0.3) is 0 Å². The first-order chi connectivity index (χ1) is 14.3. The van der Waals surface area contributed by atoms with Gasteiger partial charge in [-0.1, -0.05) is 24.3 Å². The van der Waals surface area contributed by atoms with Crippen LogP contribution in [0.1, 0.15) is 28.8 Å². The van der Waals surface area contributed by atoms with E-state index in [0.29, 0.717) is 12.2 Å². The number of carbonyl (C=O) groups excluding carboxylic acids is 1. The molecule has 0 amide bonds. The van der Waals surface area contributed by atoms with E-state index in [2.05, 4.69) is 9.88 Å². The van der Waals surface area contributed by atoms with Crippen molar-refractivity contribution in [2.45, 2.75) is 12.8 Å². The average molecular weight is 388 g/mol. The summed E-state index contributed by atoms with van der Waals surface area (Å²) in [5.74, 6) is 0.883. The van der Waals surface area contributed by atoms with Gasteiger partial charge in [-0.25, -0.2) is 0 Å². The van der Waals surface area contributed by atoms with Crippen LogP contribution in [0.2, 0.25) is 0 Å². The topological polar surface area (TPSA) is 51.7 Å². The van der Waals surface area contributed by atoms with Gasteiger partial charge in [0, 0.05) is 46.7 Å². The van der Waals surface area contributed by atoms with Gasteiger partial charge in [-0.15, -0.1) is 0 Å². The Morgan fingerprint density at radius 3 is 2.66 bits per heavy atom. The van der Waals surface area contributed by atoms with E-state index in [4.69, 9.17) is 9.47 Å². The van der Waals surface area contributed by atoms with E-state index < -0.39 is 0 Å². The number of ketones is 1. The Bertz CT molecular complexity index is 1060. The summed E-state index contributed by atoms with van der Waals surface area (Å²) in [4.78, 5) is 20.0. The number of hydrogen-bond donors (Lipinski definition) is 0. The zero-order chi connectivity index (χ0) is 19.6. The molecule has 1 fully saturated rings. The second-order valence-electron chi connectivity index (χ2n) is 7.58. The van der Waals surface area contributed by atoms with Gasteiger partial charge in [-0.3, -0.25) is 14.7 Å². The van der Waals surface area contributed by atoms with E-state index in [1.807, 2.05) is 42.5 Å². The fourth-order valence-electron chi connectivity index (χ4n) is 4.27. The molecule has 2 heterocycles. The monoisotopic (exact) mass is 388 g/mol. The summed E-state index contributed by atoms with van der Waals surface area (Å²) in [5, 5.41) is 1.87. The standard InChI is InChI=1S/C24H24N2O3/c27-24-18-6-2-1-5-17(18)23-22-19(9-10-25-23)21(8-7-20(22)24)29-14-4-3-11-26-12-15-28-16-13-26/h1-2,5-10H,3-4,11-16H2. The van der Waals surface area contributed by atoms with Crippen molar-refractivity contribution < 1.29 is 14.3 Å². The number of fused-ring (bicyclic) bond motifs is 2. The van der Waals surface area contributed by atoms with Crippen molar-refractivity contribution in [3.05, 3.63) is 59.8 Å². The average Bonchev–Trinajstić information content (AvgIpc) is 2.78. The van der Waals surface area contributed by atoms with Crippen molar-refractivity contribution in [1.29, 1.82) is 0 Å². The normalized spacial score (nSPS) is 16.1. The lowest BCUT2D eigenvalue weighted by Crippen LogP contribution is -2.36. The Labute approximate surface area is 170 Å². The molecule has 148 valence electrons. The van der Waals surface area contributed by atoms with E-state index >= 15 is 0 Å². The van der Waals surface area contributed by atoms with Crippen LogP contribution < -0.4 is 4.74 Å². The third-order valence-corrected chi connectivity index (χ3v) is 5.79. The number of ether oxygens (including phenoxy) is 2. The molecule has 0 spiro atoms.